The van der Waals surface area contributed by atoms with E-state index in [4.69, 9.17) is 21.6 Å². The van der Waals surface area contributed by atoms with Gasteiger partial charge in [0.15, 0.2) is 6.61 Å². The second kappa shape index (κ2) is 8.02. The van der Waals surface area contributed by atoms with Gasteiger partial charge in [-0.3, -0.25) is 4.79 Å². The lowest BCUT2D eigenvalue weighted by atomic mass is 10.3. The molecule has 1 saturated heterocycles. The van der Waals surface area contributed by atoms with Gasteiger partial charge >= 0.3 is 0 Å². The molecule has 2 aromatic rings. The number of hydrogen-bond donors (Lipinski definition) is 0. The Kier molecular flexibility index (Phi) is 5.54. The molecule has 1 amide bonds. The first-order valence-corrected chi connectivity index (χ1v) is 8.60. The van der Waals surface area contributed by atoms with Crippen molar-refractivity contribution in [3.05, 3.63) is 46.7 Å². The van der Waals surface area contributed by atoms with Gasteiger partial charge in [-0.1, -0.05) is 11.6 Å². The summed E-state index contributed by atoms with van der Waals surface area (Å²) in [6.45, 7) is 4.16. The summed E-state index contributed by atoms with van der Waals surface area (Å²) in [5.74, 6) is 1.08. The van der Waals surface area contributed by atoms with Crippen molar-refractivity contribution < 1.29 is 9.53 Å². The number of ether oxygens (including phenoxy) is 1. The van der Waals surface area contributed by atoms with Crippen molar-refractivity contribution in [3.63, 3.8) is 0 Å². The standard InChI is InChI=1S/C18H18ClN5O2/c1-13-10-15(11-20)22-18(21-13)24-8-6-23(7-9-24)17(25)12-26-16-4-2-14(19)3-5-16/h2-5,10H,6-9,12H2,1H3. The number of aromatic nitrogens is 2. The third-order valence-corrected chi connectivity index (χ3v) is 4.30. The van der Waals surface area contributed by atoms with Crippen LogP contribution in [0.4, 0.5) is 5.95 Å². The highest BCUT2D eigenvalue weighted by molar-refractivity contribution is 6.30. The predicted octanol–water partition coefficient (Wildman–Crippen LogP) is 2.04. The van der Waals surface area contributed by atoms with E-state index in [0.717, 1.165) is 5.69 Å². The van der Waals surface area contributed by atoms with Crippen molar-refractivity contribution in [2.45, 2.75) is 6.92 Å². The van der Waals surface area contributed by atoms with Crippen LogP contribution in [0.25, 0.3) is 0 Å². The van der Waals surface area contributed by atoms with Crippen molar-refractivity contribution in [3.8, 4) is 11.8 Å². The number of rotatable bonds is 4. The number of benzene rings is 1. The minimum atomic E-state index is -0.0672. The Hall–Kier alpha value is -2.85. The monoisotopic (exact) mass is 371 g/mol. The van der Waals surface area contributed by atoms with Gasteiger partial charge in [0.2, 0.25) is 5.95 Å². The molecule has 0 N–H and O–H groups in total. The number of carbonyl (C=O) groups is 1. The van der Waals surface area contributed by atoms with Crippen LogP contribution in [0.3, 0.4) is 0 Å². The second-order valence-corrected chi connectivity index (χ2v) is 6.35. The zero-order valence-electron chi connectivity index (χ0n) is 14.4. The fourth-order valence-electron chi connectivity index (χ4n) is 2.67. The Labute approximate surface area is 156 Å². The molecule has 0 radical (unpaired) electrons. The van der Waals surface area contributed by atoms with Crippen molar-refractivity contribution in [1.82, 2.24) is 14.9 Å². The van der Waals surface area contributed by atoms with Gasteiger partial charge in [0, 0.05) is 36.9 Å². The SMILES string of the molecule is Cc1cc(C#N)nc(N2CCN(C(=O)COc3ccc(Cl)cc3)CC2)n1. The summed E-state index contributed by atoms with van der Waals surface area (Å²) in [4.78, 5) is 24.7. The van der Waals surface area contributed by atoms with E-state index in [-0.39, 0.29) is 12.5 Å². The van der Waals surface area contributed by atoms with Crippen LogP contribution in [0.1, 0.15) is 11.4 Å². The van der Waals surface area contributed by atoms with Gasteiger partial charge in [0.25, 0.3) is 5.91 Å². The van der Waals surface area contributed by atoms with Crippen LogP contribution in [-0.4, -0.2) is 53.6 Å². The van der Waals surface area contributed by atoms with Gasteiger partial charge in [0.1, 0.15) is 17.5 Å². The summed E-state index contributed by atoms with van der Waals surface area (Å²) in [7, 11) is 0. The Morgan fingerprint density at radius 3 is 2.58 bits per heavy atom. The quantitative estimate of drug-likeness (QED) is 0.817. The van der Waals surface area contributed by atoms with Crippen LogP contribution < -0.4 is 9.64 Å². The molecule has 1 aromatic heterocycles. The molecule has 1 aliphatic heterocycles. The molecule has 0 spiro atoms. The first kappa shape index (κ1) is 18.0. The topological polar surface area (TPSA) is 82.4 Å². The van der Waals surface area contributed by atoms with Crippen LogP contribution in [0.5, 0.6) is 5.75 Å². The van der Waals surface area contributed by atoms with E-state index in [1.54, 1.807) is 35.2 Å². The minimum Gasteiger partial charge on any atom is -0.484 e. The lowest BCUT2D eigenvalue weighted by Gasteiger charge is -2.34. The summed E-state index contributed by atoms with van der Waals surface area (Å²) in [5.41, 5.74) is 1.10. The van der Waals surface area contributed by atoms with E-state index in [2.05, 4.69) is 9.97 Å². The fourth-order valence-corrected chi connectivity index (χ4v) is 2.80. The second-order valence-electron chi connectivity index (χ2n) is 5.92. The number of hydrogen-bond acceptors (Lipinski definition) is 6. The smallest absolute Gasteiger partial charge is 0.260 e. The molecular formula is C18H18ClN5O2. The summed E-state index contributed by atoms with van der Waals surface area (Å²) in [5, 5.41) is 9.66. The maximum atomic E-state index is 12.3. The first-order chi connectivity index (χ1) is 12.5. The fraction of sp³-hybridized carbons (Fsp3) is 0.333. The Balaban J connectivity index is 1.53. The molecule has 26 heavy (non-hydrogen) atoms. The lowest BCUT2D eigenvalue weighted by molar-refractivity contribution is -0.133. The molecule has 3 rings (SSSR count). The van der Waals surface area contributed by atoms with E-state index < -0.39 is 0 Å². The summed E-state index contributed by atoms with van der Waals surface area (Å²) >= 11 is 5.83. The highest BCUT2D eigenvalue weighted by Crippen LogP contribution is 2.16. The number of amides is 1. The number of halogens is 1. The zero-order valence-corrected chi connectivity index (χ0v) is 15.1. The van der Waals surface area contributed by atoms with Crippen molar-refractivity contribution >= 4 is 23.5 Å². The third-order valence-electron chi connectivity index (χ3n) is 4.05. The molecule has 1 aliphatic rings. The molecule has 1 aromatic carbocycles. The van der Waals surface area contributed by atoms with Crippen LogP contribution in [0, 0.1) is 18.3 Å². The van der Waals surface area contributed by atoms with E-state index in [9.17, 15) is 4.79 Å². The van der Waals surface area contributed by atoms with Crippen LogP contribution >= 0.6 is 11.6 Å². The molecule has 7 nitrogen and oxygen atoms in total. The van der Waals surface area contributed by atoms with Gasteiger partial charge in [-0.15, -0.1) is 0 Å². The molecular weight excluding hydrogens is 354 g/mol. The number of aryl methyl sites for hydroxylation is 1. The van der Waals surface area contributed by atoms with Crippen molar-refractivity contribution in [1.29, 1.82) is 5.26 Å². The molecule has 0 atom stereocenters. The predicted molar refractivity (Wildman–Crippen MR) is 97.2 cm³/mol. The molecule has 0 aliphatic carbocycles. The number of piperazine rings is 1. The van der Waals surface area contributed by atoms with Gasteiger partial charge in [-0.25, -0.2) is 9.97 Å². The summed E-state index contributed by atoms with van der Waals surface area (Å²) < 4.78 is 5.51. The molecule has 0 saturated carbocycles. The highest BCUT2D eigenvalue weighted by atomic mass is 35.5. The Bertz CT molecular complexity index is 826. The van der Waals surface area contributed by atoms with Gasteiger partial charge in [-0.2, -0.15) is 5.26 Å². The van der Waals surface area contributed by atoms with Crippen molar-refractivity contribution in [2.24, 2.45) is 0 Å². The first-order valence-electron chi connectivity index (χ1n) is 8.22. The zero-order chi connectivity index (χ0) is 18.5. The summed E-state index contributed by atoms with van der Waals surface area (Å²) in [6, 6.07) is 10.6. The number of nitrogens with zero attached hydrogens (tertiary/aromatic N) is 5. The lowest BCUT2D eigenvalue weighted by Crippen LogP contribution is -2.50. The number of anilines is 1. The maximum Gasteiger partial charge on any atom is 0.260 e. The molecule has 0 unspecified atom stereocenters. The van der Waals surface area contributed by atoms with Crippen LogP contribution in [-0.2, 0) is 4.79 Å². The van der Waals surface area contributed by atoms with Crippen molar-refractivity contribution in [2.75, 3.05) is 37.7 Å². The number of nitriles is 1. The van der Waals surface area contributed by atoms with Gasteiger partial charge < -0.3 is 14.5 Å². The van der Waals surface area contributed by atoms with Gasteiger partial charge in [-0.05, 0) is 37.3 Å². The van der Waals surface area contributed by atoms with E-state index in [1.165, 1.54) is 0 Å². The third kappa shape index (κ3) is 4.41. The largest absolute Gasteiger partial charge is 0.484 e. The Morgan fingerprint density at radius 2 is 1.92 bits per heavy atom. The summed E-state index contributed by atoms with van der Waals surface area (Å²) in [6.07, 6.45) is 0. The average Bonchev–Trinajstić information content (AvgIpc) is 2.67. The molecule has 134 valence electrons. The minimum absolute atomic E-state index is 0.0127. The molecule has 2 heterocycles. The van der Waals surface area contributed by atoms with E-state index in [0.29, 0.717) is 48.6 Å². The van der Waals surface area contributed by atoms with Crippen LogP contribution in [0.2, 0.25) is 5.02 Å². The Morgan fingerprint density at radius 1 is 1.23 bits per heavy atom. The maximum absolute atomic E-state index is 12.3. The van der Waals surface area contributed by atoms with E-state index >= 15 is 0 Å². The molecule has 0 bridgehead atoms. The number of carbonyl (C=O) groups excluding carboxylic acids is 1. The van der Waals surface area contributed by atoms with Crippen LogP contribution in [0.15, 0.2) is 30.3 Å². The highest BCUT2D eigenvalue weighted by Gasteiger charge is 2.23. The molecule has 1 fully saturated rings. The van der Waals surface area contributed by atoms with Gasteiger partial charge in [0.05, 0.1) is 0 Å². The molecule has 8 heteroatoms. The normalized spacial score (nSPS) is 14.0. The van der Waals surface area contributed by atoms with E-state index in [1.807, 2.05) is 17.9 Å². The average molecular weight is 372 g/mol.